The van der Waals surface area contributed by atoms with E-state index in [0.29, 0.717) is 10.9 Å². The van der Waals surface area contributed by atoms with E-state index in [1.54, 1.807) is 31.4 Å². The Kier molecular flexibility index (Phi) is 6.07. The molecule has 4 rings (SSSR count). The number of thiazole rings is 1. The van der Waals surface area contributed by atoms with Crippen LogP contribution in [0.3, 0.4) is 0 Å². The Morgan fingerprint density at radius 3 is 2.65 bits per heavy atom. The van der Waals surface area contributed by atoms with Gasteiger partial charge in [-0.05, 0) is 54.1 Å². The molecule has 11 heteroatoms. The van der Waals surface area contributed by atoms with E-state index in [1.807, 2.05) is 18.2 Å². The second kappa shape index (κ2) is 8.92. The second-order valence-electron chi connectivity index (χ2n) is 6.14. The molecule has 2 aromatic carbocycles. The molecule has 31 heavy (non-hydrogen) atoms. The third kappa shape index (κ3) is 4.63. The summed E-state index contributed by atoms with van der Waals surface area (Å²) in [4.78, 5) is 28.4. The maximum absolute atomic E-state index is 13.2. The van der Waals surface area contributed by atoms with Gasteiger partial charge < -0.3 is 4.74 Å². The lowest BCUT2D eigenvalue weighted by molar-refractivity contribution is -0.380. The molecular weight excluding hydrogens is 504 g/mol. The summed E-state index contributed by atoms with van der Waals surface area (Å²) in [5.74, 6) is 0.203. The van der Waals surface area contributed by atoms with Crippen molar-refractivity contribution in [2.45, 2.75) is 0 Å². The number of aromatic nitrogens is 1. The molecule has 0 fully saturated rings. The van der Waals surface area contributed by atoms with Crippen molar-refractivity contribution in [3.8, 4) is 5.75 Å². The van der Waals surface area contributed by atoms with Crippen molar-refractivity contribution in [3.63, 3.8) is 0 Å². The van der Waals surface area contributed by atoms with Gasteiger partial charge in [-0.15, -0.1) is 0 Å². The summed E-state index contributed by atoms with van der Waals surface area (Å²) in [6.07, 6.45) is 1.53. The Labute approximate surface area is 192 Å². The van der Waals surface area contributed by atoms with Gasteiger partial charge in [0.05, 0.1) is 28.5 Å². The number of hydrazone groups is 1. The molecule has 0 aliphatic rings. The van der Waals surface area contributed by atoms with Crippen LogP contribution < -0.4 is 9.75 Å². The molecule has 2 aromatic heterocycles. The van der Waals surface area contributed by atoms with E-state index in [1.165, 1.54) is 34.7 Å². The van der Waals surface area contributed by atoms with Crippen molar-refractivity contribution in [3.05, 3.63) is 79.6 Å². The first-order valence-corrected chi connectivity index (χ1v) is 11.2. The topological polar surface area (TPSA) is 97.9 Å². The zero-order valence-corrected chi connectivity index (χ0v) is 19.1. The standard InChI is InChI=1S/C20H13BrN4O4S2/c1-29-14-5-2-12(3-6-14)11-22-24(19(26)16-8-9-18(30-16)25(27)28)20-23-15-7-4-13(21)10-17(15)31-20/h2-11H,1H3/b22-11+. The quantitative estimate of drug-likeness (QED) is 0.185. The molecule has 0 atom stereocenters. The predicted molar refractivity (Wildman–Crippen MR) is 126 cm³/mol. The number of nitro groups is 1. The van der Waals surface area contributed by atoms with Crippen molar-refractivity contribution in [2.75, 3.05) is 12.1 Å². The van der Waals surface area contributed by atoms with Crippen LogP contribution in [0.15, 0.2) is 64.2 Å². The number of anilines is 1. The summed E-state index contributed by atoms with van der Waals surface area (Å²) < 4.78 is 6.92. The highest BCUT2D eigenvalue weighted by Crippen LogP contribution is 2.33. The minimum atomic E-state index is -0.526. The van der Waals surface area contributed by atoms with Crippen LogP contribution >= 0.6 is 38.6 Å². The molecule has 0 aliphatic carbocycles. The van der Waals surface area contributed by atoms with Gasteiger partial charge in [0.25, 0.3) is 5.91 Å². The van der Waals surface area contributed by atoms with Crippen LogP contribution in [0.5, 0.6) is 5.75 Å². The summed E-state index contributed by atoms with van der Waals surface area (Å²) in [5, 5.41) is 16.8. The van der Waals surface area contributed by atoms with Gasteiger partial charge in [0.15, 0.2) is 0 Å². The van der Waals surface area contributed by atoms with E-state index in [2.05, 4.69) is 26.0 Å². The highest BCUT2D eigenvalue weighted by atomic mass is 79.9. The van der Waals surface area contributed by atoms with E-state index in [4.69, 9.17) is 4.74 Å². The number of halogens is 1. The van der Waals surface area contributed by atoms with Crippen LogP contribution in [0.4, 0.5) is 10.1 Å². The van der Waals surface area contributed by atoms with Gasteiger partial charge in [0.2, 0.25) is 5.13 Å². The smallest absolute Gasteiger partial charge is 0.324 e. The maximum Gasteiger partial charge on any atom is 0.324 e. The number of nitrogens with zero attached hydrogens (tertiary/aromatic N) is 4. The van der Waals surface area contributed by atoms with Crippen molar-refractivity contribution in [1.29, 1.82) is 0 Å². The summed E-state index contributed by atoms with van der Waals surface area (Å²) >= 11 is 5.52. The monoisotopic (exact) mass is 516 g/mol. The SMILES string of the molecule is COc1ccc(/C=N/N(C(=O)c2ccc([N+](=O)[O-])s2)c2nc3ccc(Br)cc3s2)cc1. The number of rotatable bonds is 6. The molecular formula is C20H13BrN4O4S2. The van der Waals surface area contributed by atoms with Gasteiger partial charge in [-0.2, -0.15) is 10.1 Å². The molecule has 1 amide bonds. The Balaban J connectivity index is 1.73. The molecule has 156 valence electrons. The lowest BCUT2D eigenvalue weighted by Gasteiger charge is -2.12. The van der Waals surface area contributed by atoms with E-state index in [9.17, 15) is 14.9 Å². The zero-order chi connectivity index (χ0) is 22.0. The summed E-state index contributed by atoms with van der Waals surface area (Å²) in [7, 11) is 1.58. The van der Waals surface area contributed by atoms with Crippen LogP contribution in [0.25, 0.3) is 10.2 Å². The highest BCUT2D eigenvalue weighted by Gasteiger charge is 2.24. The average Bonchev–Trinajstić information content (AvgIpc) is 3.41. The molecule has 0 saturated carbocycles. The Bertz CT molecular complexity index is 1300. The number of carbonyl (C=O) groups is 1. The lowest BCUT2D eigenvalue weighted by atomic mass is 10.2. The van der Waals surface area contributed by atoms with E-state index in [-0.39, 0.29) is 9.88 Å². The van der Waals surface area contributed by atoms with Crippen molar-refractivity contribution >= 4 is 71.1 Å². The minimum absolute atomic E-state index is 0.115. The maximum atomic E-state index is 13.2. The summed E-state index contributed by atoms with van der Waals surface area (Å²) in [6.45, 7) is 0. The molecule has 0 unspecified atom stereocenters. The first-order chi connectivity index (χ1) is 14.9. The number of amides is 1. The van der Waals surface area contributed by atoms with Gasteiger partial charge in [-0.1, -0.05) is 38.6 Å². The van der Waals surface area contributed by atoms with E-state index < -0.39 is 10.8 Å². The summed E-state index contributed by atoms with van der Waals surface area (Å²) in [5.41, 5.74) is 1.47. The third-order valence-electron chi connectivity index (χ3n) is 4.13. The third-order valence-corrected chi connectivity index (χ3v) is 6.65. The van der Waals surface area contributed by atoms with Gasteiger partial charge in [-0.3, -0.25) is 14.9 Å². The molecule has 8 nitrogen and oxygen atoms in total. The van der Waals surface area contributed by atoms with Gasteiger partial charge in [-0.25, -0.2) is 4.98 Å². The van der Waals surface area contributed by atoms with Crippen LogP contribution in [0.1, 0.15) is 15.2 Å². The van der Waals surface area contributed by atoms with E-state index in [0.717, 1.165) is 31.6 Å². The highest BCUT2D eigenvalue weighted by molar-refractivity contribution is 9.10. The second-order valence-corrected chi connectivity index (χ2v) is 9.13. The van der Waals surface area contributed by atoms with Crippen LogP contribution in [0, 0.1) is 10.1 Å². The number of hydrogen-bond acceptors (Lipinski definition) is 8. The number of benzene rings is 2. The number of ether oxygens (including phenoxy) is 1. The van der Waals surface area contributed by atoms with Crippen LogP contribution in [-0.4, -0.2) is 29.1 Å². The first-order valence-electron chi connectivity index (χ1n) is 8.77. The Morgan fingerprint density at radius 1 is 1.19 bits per heavy atom. The van der Waals surface area contributed by atoms with Crippen molar-refractivity contribution in [1.82, 2.24) is 4.98 Å². The Hall–Kier alpha value is -3.15. The Morgan fingerprint density at radius 2 is 1.97 bits per heavy atom. The van der Waals surface area contributed by atoms with Crippen LogP contribution in [0.2, 0.25) is 0 Å². The fraction of sp³-hybridized carbons (Fsp3) is 0.0500. The molecule has 0 bridgehead atoms. The fourth-order valence-electron chi connectivity index (χ4n) is 2.63. The van der Waals surface area contributed by atoms with Crippen molar-refractivity contribution in [2.24, 2.45) is 5.10 Å². The van der Waals surface area contributed by atoms with Crippen LogP contribution in [-0.2, 0) is 0 Å². The molecule has 2 heterocycles. The summed E-state index contributed by atoms with van der Waals surface area (Å²) in [6, 6.07) is 15.5. The number of thiophene rings is 1. The molecule has 0 saturated heterocycles. The van der Waals surface area contributed by atoms with Crippen molar-refractivity contribution < 1.29 is 14.5 Å². The number of fused-ring (bicyclic) bond motifs is 1. The average molecular weight is 517 g/mol. The van der Waals surface area contributed by atoms with E-state index >= 15 is 0 Å². The molecule has 0 aliphatic heterocycles. The minimum Gasteiger partial charge on any atom is -0.497 e. The fourth-order valence-corrected chi connectivity index (χ4v) is 4.84. The van der Waals surface area contributed by atoms with Gasteiger partial charge in [0, 0.05) is 10.5 Å². The number of hydrogen-bond donors (Lipinski definition) is 0. The molecule has 4 aromatic rings. The van der Waals surface area contributed by atoms with Gasteiger partial charge in [0.1, 0.15) is 10.6 Å². The largest absolute Gasteiger partial charge is 0.497 e. The predicted octanol–water partition coefficient (Wildman–Crippen LogP) is 5.72. The lowest BCUT2D eigenvalue weighted by Crippen LogP contribution is -2.24. The van der Waals surface area contributed by atoms with Gasteiger partial charge >= 0.3 is 5.00 Å². The zero-order valence-electron chi connectivity index (χ0n) is 15.9. The first kappa shape index (κ1) is 21.1. The number of carbonyl (C=O) groups excluding carboxylic acids is 1. The normalized spacial score (nSPS) is 11.2. The number of methoxy groups -OCH3 is 1. The molecule has 0 N–H and O–H groups in total. The molecule has 0 radical (unpaired) electrons. The molecule has 0 spiro atoms.